The number of carbonyl (C=O) groups is 1. The molecular formula is C25H22ClN5O3S. The van der Waals surface area contributed by atoms with Crippen molar-refractivity contribution in [1.29, 1.82) is 0 Å². The molecule has 0 atom stereocenters. The molecule has 0 saturated heterocycles. The lowest BCUT2D eigenvalue weighted by atomic mass is 10.2. The zero-order valence-corrected chi connectivity index (χ0v) is 20.5. The van der Waals surface area contributed by atoms with Gasteiger partial charge in [0, 0.05) is 25.2 Å². The molecule has 4 rings (SSSR count). The molecular weight excluding hydrogens is 486 g/mol. The van der Waals surface area contributed by atoms with Gasteiger partial charge in [0.25, 0.3) is 5.91 Å². The van der Waals surface area contributed by atoms with E-state index in [0.29, 0.717) is 5.69 Å². The minimum atomic E-state index is -3.84. The van der Waals surface area contributed by atoms with E-state index in [2.05, 4.69) is 15.4 Å². The zero-order chi connectivity index (χ0) is 25.0. The van der Waals surface area contributed by atoms with Gasteiger partial charge in [-0.15, -0.1) is 0 Å². The number of amides is 1. The molecule has 0 radical (unpaired) electrons. The van der Waals surface area contributed by atoms with Gasteiger partial charge in [0.15, 0.2) is 0 Å². The molecule has 178 valence electrons. The monoisotopic (exact) mass is 507 g/mol. The van der Waals surface area contributed by atoms with Crippen LogP contribution in [0.15, 0.2) is 95.1 Å². The van der Waals surface area contributed by atoms with Crippen LogP contribution in [0.25, 0.3) is 11.3 Å². The van der Waals surface area contributed by atoms with E-state index in [1.54, 1.807) is 12.4 Å². The van der Waals surface area contributed by atoms with Crippen LogP contribution < -0.4 is 5.32 Å². The number of carbonyl (C=O) groups excluding carboxylic acids is 1. The van der Waals surface area contributed by atoms with Crippen molar-refractivity contribution in [2.45, 2.75) is 4.90 Å². The Labute approximate surface area is 208 Å². The maximum atomic E-state index is 13.1. The summed E-state index contributed by atoms with van der Waals surface area (Å²) < 4.78 is 27.7. The minimum Gasteiger partial charge on any atom is -0.290 e. The maximum Gasteiger partial charge on any atom is 0.258 e. The van der Waals surface area contributed by atoms with Crippen molar-refractivity contribution in [3.8, 4) is 11.3 Å². The Kier molecular flexibility index (Phi) is 7.11. The third kappa shape index (κ3) is 5.48. The predicted octanol–water partition coefficient (Wildman–Crippen LogP) is 4.59. The highest BCUT2D eigenvalue weighted by Crippen LogP contribution is 2.26. The first-order valence-corrected chi connectivity index (χ1v) is 12.3. The highest BCUT2D eigenvalue weighted by Gasteiger charge is 2.23. The van der Waals surface area contributed by atoms with Crippen LogP contribution in [0.4, 0.5) is 5.95 Å². The summed E-state index contributed by atoms with van der Waals surface area (Å²) in [5.74, 6) is -0.383. The lowest BCUT2D eigenvalue weighted by molar-refractivity contribution is 0.102. The fourth-order valence-corrected chi connectivity index (χ4v) is 4.57. The first-order chi connectivity index (χ1) is 16.8. The van der Waals surface area contributed by atoms with Crippen LogP contribution in [-0.4, -0.2) is 48.6 Å². The molecule has 8 nitrogen and oxygen atoms in total. The number of imidazole rings is 1. The molecule has 0 fully saturated rings. The van der Waals surface area contributed by atoms with Crippen LogP contribution in [0.2, 0.25) is 5.02 Å². The third-order valence-electron chi connectivity index (χ3n) is 5.07. The van der Waals surface area contributed by atoms with Crippen molar-refractivity contribution in [3.05, 3.63) is 101 Å². The average Bonchev–Trinajstić information content (AvgIpc) is 3.26. The Balaban J connectivity index is 1.69. The van der Waals surface area contributed by atoms with E-state index in [9.17, 15) is 13.2 Å². The first-order valence-electron chi connectivity index (χ1n) is 10.5. The van der Waals surface area contributed by atoms with E-state index in [0.717, 1.165) is 15.4 Å². The number of aromatic nitrogens is 2. The van der Waals surface area contributed by atoms with Gasteiger partial charge in [-0.3, -0.25) is 10.1 Å². The summed E-state index contributed by atoms with van der Waals surface area (Å²) in [5, 5.41) is 7.21. The van der Waals surface area contributed by atoms with Crippen LogP contribution in [0.1, 0.15) is 15.9 Å². The Hall–Kier alpha value is -3.79. The minimum absolute atomic E-state index is 0.0237. The van der Waals surface area contributed by atoms with E-state index in [4.69, 9.17) is 11.6 Å². The topological polar surface area (TPSA) is 96.7 Å². The Bertz CT molecular complexity index is 1480. The Morgan fingerprint density at radius 1 is 1.03 bits per heavy atom. The van der Waals surface area contributed by atoms with Crippen molar-refractivity contribution < 1.29 is 13.2 Å². The largest absolute Gasteiger partial charge is 0.290 e. The second kappa shape index (κ2) is 10.2. The fraction of sp³-hybridized carbons (Fsp3) is 0.0800. The lowest BCUT2D eigenvalue weighted by Gasteiger charge is -2.13. The molecule has 0 aliphatic heterocycles. The lowest BCUT2D eigenvalue weighted by Crippen LogP contribution is -2.23. The molecule has 0 bridgehead atoms. The Morgan fingerprint density at radius 2 is 1.69 bits per heavy atom. The molecule has 1 N–H and O–H groups in total. The molecule has 3 aromatic carbocycles. The van der Waals surface area contributed by atoms with E-state index in [1.807, 2.05) is 60.7 Å². The van der Waals surface area contributed by atoms with Crippen LogP contribution in [0.5, 0.6) is 0 Å². The normalized spacial score (nSPS) is 11.8. The number of nitrogens with zero attached hydrogens (tertiary/aromatic N) is 4. The van der Waals surface area contributed by atoms with E-state index in [-0.39, 0.29) is 21.4 Å². The average molecular weight is 508 g/mol. The number of rotatable bonds is 7. The van der Waals surface area contributed by atoms with Gasteiger partial charge in [-0.2, -0.15) is 5.10 Å². The summed E-state index contributed by atoms with van der Waals surface area (Å²) in [6.45, 7) is 0. The standard InChI is InChI=1S/C25H22ClN5O3S/c1-30(2)35(33,34)23-15-20(13-14-21(23)26)24(32)29-25-28-22(19-11-7-4-8-12-19)17-31(25)27-16-18-9-5-3-6-10-18/h3-17H,1-2H3,(H,28,29,32). The van der Waals surface area contributed by atoms with Crippen molar-refractivity contribution in [2.24, 2.45) is 5.10 Å². The molecule has 35 heavy (non-hydrogen) atoms. The highest BCUT2D eigenvalue weighted by atomic mass is 35.5. The molecule has 0 aliphatic rings. The molecule has 0 unspecified atom stereocenters. The van der Waals surface area contributed by atoms with Crippen LogP contribution in [0.3, 0.4) is 0 Å². The van der Waals surface area contributed by atoms with E-state index in [1.165, 1.54) is 37.0 Å². The second-order valence-electron chi connectivity index (χ2n) is 7.70. The maximum absolute atomic E-state index is 13.1. The molecule has 1 heterocycles. The quantitative estimate of drug-likeness (QED) is 0.370. The van der Waals surface area contributed by atoms with Gasteiger partial charge in [-0.05, 0) is 23.8 Å². The van der Waals surface area contributed by atoms with Crippen LogP contribution >= 0.6 is 11.6 Å². The number of hydrogen-bond donors (Lipinski definition) is 1. The molecule has 4 aromatic rings. The molecule has 1 amide bonds. The van der Waals surface area contributed by atoms with E-state index >= 15 is 0 Å². The molecule has 0 saturated carbocycles. The van der Waals surface area contributed by atoms with Crippen molar-refractivity contribution in [1.82, 2.24) is 14.0 Å². The molecule has 0 spiro atoms. The molecule has 10 heteroatoms. The number of hydrogen-bond acceptors (Lipinski definition) is 5. The number of benzene rings is 3. The number of nitrogens with one attached hydrogen (secondary N) is 1. The summed E-state index contributed by atoms with van der Waals surface area (Å²) in [7, 11) is -1.05. The van der Waals surface area contributed by atoms with Crippen LogP contribution in [0, 0.1) is 0 Å². The summed E-state index contributed by atoms with van der Waals surface area (Å²) >= 11 is 6.11. The summed E-state index contributed by atoms with van der Waals surface area (Å²) in [6, 6.07) is 23.0. The van der Waals surface area contributed by atoms with Gasteiger partial charge in [0.2, 0.25) is 16.0 Å². The molecule has 0 aliphatic carbocycles. The smallest absolute Gasteiger partial charge is 0.258 e. The fourth-order valence-electron chi connectivity index (χ4n) is 3.17. The zero-order valence-electron chi connectivity index (χ0n) is 19.0. The second-order valence-corrected chi connectivity index (χ2v) is 10.2. The van der Waals surface area contributed by atoms with Gasteiger partial charge in [-0.25, -0.2) is 22.4 Å². The summed E-state index contributed by atoms with van der Waals surface area (Å²) in [4.78, 5) is 17.5. The number of halogens is 1. The SMILES string of the molecule is CN(C)S(=O)(=O)c1cc(C(=O)Nc2nc(-c3ccccc3)cn2N=Cc2ccccc2)ccc1Cl. The first kappa shape index (κ1) is 24.3. The van der Waals surface area contributed by atoms with Gasteiger partial charge < -0.3 is 0 Å². The van der Waals surface area contributed by atoms with Gasteiger partial charge in [-0.1, -0.05) is 72.3 Å². The van der Waals surface area contributed by atoms with Gasteiger partial charge >= 0.3 is 0 Å². The predicted molar refractivity (Wildman–Crippen MR) is 137 cm³/mol. The third-order valence-corrected chi connectivity index (χ3v) is 7.36. The highest BCUT2D eigenvalue weighted by molar-refractivity contribution is 7.89. The van der Waals surface area contributed by atoms with Crippen molar-refractivity contribution in [2.75, 3.05) is 19.4 Å². The molecule has 1 aromatic heterocycles. The van der Waals surface area contributed by atoms with Gasteiger partial charge in [0.1, 0.15) is 4.90 Å². The van der Waals surface area contributed by atoms with Crippen LogP contribution in [-0.2, 0) is 10.0 Å². The summed E-state index contributed by atoms with van der Waals surface area (Å²) in [6.07, 6.45) is 3.35. The number of anilines is 1. The van der Waals surface area contributed by atoms with E-state index < -0.39 is 15.9 Å². The van der Waals surface area contributed by atoms with Crippen molar-refractivity contribution >= 4 is 39.7 Å². The van der Waals surface area contributed by atoms with Crippen molar-refractivity contribution in [3.63, 3.8) is 0 Å². The Morgan fingerprint density at radius 3 is 2.34 bits per heavy atom. The van der Waals surface area contributed by atoms with Gasteiger partial charge in [0.05, 0.1) is 23.1 Å². The summed E-state index contributed by atoms with van der Waals surface area (Å²) in [5.41, 5.74) is 2.44. The number of sulfonamides is 1.